The van der Waals surface area contributed by atoms with Crippen LogP contribution in [0.5, 0.6) is 0 Å². The lowest BCUT2D eigenvalue weighted by atomic mass is 10.4. The lowest BCUT2D eigenvalue weighted by molar-refractivity contribution is 0.0390. The highest BCUT2D eigenvalue weighted by atomic mass is 32.2. The first kappa shape index (κ1) is 13.5. The van der Waals surface area contributed by atoms with Gasteiger partial charge in [0.15, 0.2) is 0 Å². The SMILES string of the molecule is O=S(=O)(NCCN1CCOCC1)c1[c]cccc1. The van der Waals surface area contributed by atoms with Gasteiger partial charge in [-0.05, 0) is 6.07 Å². The van der Waals surface area contributed by atoms with Gasteiger partial charge >= 0.3 is 0 Å². The van der Waals surface area contributed by atoms with Crippen molar-refractivity contribution >= 4 is 10.0 Å². The van der Waals surface area contributed by atoms with Crippen LogP contribution in [-0.2, 0) is 14.8 Å². The molecule has 0 aliphatic carbocycles. The predicted octanol–water partition coefficient (Wildman–Crippen LogP) is 0.0973. The average Bonchev–Trinajstić information content (AvgIpc) is 2.41. The minimum Gasteiger partial charge on any atom is -0.379 e. The summed E-state index contributed by atoms with van der Waals surface area (Å²) in [7, 11) is -3.42. The van der Waals surface area contributed by atoms with Crippen LogP contribution < -0.4 is 4.72 Å². The van der Waals surface area contributed by atoms with Crippen LogP contribution in [0.15, 0.2) is 29.2 Å². The van der Waals surface area contributed by atoms with Crippen molar-refractivity contribution in [2.24, 2.45) is 0 Å². The first-order valence-electron chi connectivity index (χ1n) is 5.95. The number of hydrogen-bond donors (Lipinski definition) is 1. The molecule has 1 aromatic carbocycles. The number of sulfonamides is 1. The van der Waals surface area contributed by atoms with Crippen LogP contribution >= 0.6 is 0 Å². The molecule has 6 heteroatoms. The third-order valence-corrected chi connectivity index (χ3v) is 4.21. The fourth-order valence-corrected chi connectivity index (χ4v) is 2.78. The monoisotopic (exact) mass is 269 g/mol. The molecule has 18 heavy (non-hydrogen) atoms. The molecule has 5 nitrogen and oxygen atoms in total. The zero-order valence-corrected chi connectivity index (χ0v) is 10.9. The highest BCUT2D eigenvalue weighted by molar-refractivity contribution is 7.89. The van der Waals surface area contributed by atoms with Crippen molar-refractivity contribution in [3.05, 3.63) is 30.3 Å². The molecule has 1 saturated heterocycles. The third-order valence-electron chi connectivity index (χ3n) is 2.79. The van der Waals surface area contributed by atoms with Gasteiger partial charge in [-0.2, -0.15) is 0 Å². The van der Waals surface area contributed by atoms with Gasteiger partial charge in [-0.3, -0.25) is 4.90 Å². The third kappa shape index (κ3) is 3.78. The number of hydrogen-bond acceptors (Lipinski definition) is 4. The van der Waals surface area contributed by atoms with E-state index in [9.17, 15) is 8.42 Å². The Balaban J connectivity index is 1.82. The van der Waals surface area contributed by atoms with E-state index in [1.165, 1.54) is 6.07 Å². The van der Waals surface area contributed by atoms with Crippen LogP contribution in [0, 0.1) is 6.07 Å². The van der Waals surface area contributed by atoms with Crippen LogP contribution in [0.4, 0.5) is 0 Å². The quantitative estimate of drug-likeness (QED) is 0.823. The lowest BCUT2D eigenvalue weighted by Gasteiger charge is -2.26. The second-order valence-corrected chi connectivity index (χ2v) is 5.81. The molecule has 1 fully saturated rings. The molecule has 0 bridgehead atoms. The van der Waals surface area contributed by atoms with Gasteiger partial charge in [0.05, 0.1) is 18.1 Å². The van der Waals surface area contributed by atoms with Crippen molar-refractivity contribution in [1.82, 2.24) is 9.62 Å². The van der Waals surface area contributed by atoms with Gasteiger partial charge in [-0.15, -0.1) is 0 Å². The van der Waals surface area contributed by atoms with E-state index in [1.54, 1.807) is 18.2 Å². The topological polar surface area (TPSA) is 58.6 Å². The summed E-state index contributed by atoms with van der Waals surface area (Å²) >= 11 is 0. The van der Waals surface area contributed by atoms with E-state index < -0.39 is 10.0 Å². The molecule has 0 atom stereocenters. The van der Waals surface area contributed by atoms with Gasteiger partial charge in [0, 0.05) is 32.2 Å². The molecule has 1 aliphatic rings. The molecule has 1 aliphatic heterocycles. The predicted molar refractivity (Wildman–Crippen MR) is 67.7 cm³/mol. The molecule has 99 valence electrons. The maximum atomic E-state index is 11.9. The van der Waals surface area contributed by atoms with E-state index in [2.05, 4.69) is 15.7 Å². The minimum atomic E-state index is -3.42. The van der Waals surface area contributed by atoms with Gasteiger partial charge < -0.3 is 4.74 Å². The molecule has 2 rings (SSSR count). The lowest BCUT2D eigenvalue weighted by Crippen LogP contribution is -2.41. The van der Waals surface area contributed by atoms with Crippen LogP contribution in [0.2, 0.25) is 0 Å². The summed E-state index contributed by atoms with van der Waals surface area (Å²) < 4.78 is 31.6. The van der Waals surface area contributed by atoms with Gasteiger partial charge in [0.1, 0.15) is 0 Å². The summed E-state index contributed by atoms with van der Waals surface area (Å²) in [5, 5.41) is 0. The van der Waals surface area contributed by atoms with E-state index >= 15 is 0 Å². The van der Waals surface area contributed by atoms with E-state index in [0.717, 1.165) is 26.3 Å². The van der Waals surface area contributed by atoms with E-state index in [-0.39, 0.29) is 4.90 Å². The van der Waals surface area contributed by atoms with Gasteiger partial charge in [-0.25, -0.2) is 13.1 Å². The van der Waals surface area contributed by atoms with E-state index in [4.69, 9.17) is 4.74 Å². The second kappa shape index (κ2) is 6.29. The average molecular weight is 269 g/mol. The smallest absolute Gasteiger partial charge is 0.241 e. The number of morpholine rings is 1. The summed E-state index contributed by atoms with van der Waals surface area (Å²) in [6, 6.07) is 9.28. The molecular weight excluding hydrogens is 252 g/mol. The first-order valence-corrected chi connectivity index (χ1v) is 7.43. The Morgan fingerprint density at radius 1 is 1.33 bits per heavy atom. The number of nitrogens with one attached hydrogen (secondary N) is 1. The van der Waals surface area contributed by atoms with E-state index in [0.29, 0.717) is 13.1 Å². The number of rotatable bonds is 5. The zero-order chi connectivity index (χ0) is 12.8. The molecule has 1 radical (unpaired) electrons. The highest BCUT2D eigenvalue weighted by Gasteiger charge is 2.14. The first-order chi connectivity index (χ1) is 8.68. The second-order valence-electron chi connectivity index (χ2n) is 4.08. The van der Waals surface area contributed by atoms with Gasteiger partial charge in [0.25, 0.3) is 0 Å². The summed E-state index contributed by atoms with van der Waals surface area (Å²) in [6.45, 7) is 4.28. The van der Waals surface area contributed by atoms with Crippen molar-refractivity contribution in [2.45, 2.75) is 4.90 Å². The van der Waals surface area contributed by atoms with Crippen molar-refractivity contribution in [3.8, 4) is 0 Å². The molecule has 0 spiro atoms. The number of benzene rings is 1. The molecule has 1 aromatic rings. The Morgan fingerprint density at radius 2 is 2.11 bits per heavy atom. The van der Waals surface area contributed by atoms with Crippen LogP contribution in [0.1, 0.15) is 0 Å². The van der Waals surface area contributed by atoms with Gasteiger partial charge in [0.2, 0.25) is 10.0 Å². The Bertz CT molecular complexity index is 455. The molecule has 0 saturated carbocycles. The standard InChI is InChI=1S/C12H17N2O3S/c15-18(16,12-4-2-1-3-5-12)13-6-7-14-8-10-17-11-9-14/h1-4,13H,6-11H2. The molecular formula is C12H17N2O3S. The van der Waals surface area contributed by atoms with Crippen molar-refractivity contribution in [1.29, 1.82) is 0 Å². The fourth-order valence-electron chi connectivity index (χ4n) is 1.78. The maximum Gasteiger partial charge on any atom is 0.241 e. The Hall–Kier alpha value is -0.950. The molecule has 0 aromatic heterocycles. The molecule has 0 amide bonds. The van der Waals surface area contributed by atoms with Gasteiger partial charge in [-0.1, -0.05) is 18.2 Å². The van der Waals surface area contributed by atoms with Crippen molar-refractivity contribution in [3.63, 3.8) is 0 Å². The Morgan fingerprint density at radius 3 is 2.78 bits per heavy atom. The summed E-state index contributed by atoms with van der Waals surface area (Å²) in [6.07, 6.45) is 0. The Labute approximate surface area is 108 Å². The van der Waals surface area contributed by atoms with Crippen LogP contribution in [-0.4, -0.2) is 52.7 Å². The van der Waals surface area contributed by atoms with Crippen molar-refractivity contribution in [2.75, 3.05) is 39.4 Å². The fraction of sp³-hybridized carbons (Fsp3) is 0.500. The summed E-state index contributed by atoms with van der Waals surface area (Å²) in [4.78, 5) is 2.37. The van der Waals surface area contributed by atoms with Crippen LogP contribution in [0.25, 0.3) is 0 Å². The number of nitrogens with zero attached hydrogens (tertiary/aromatic N) is 1. The number of ether oxygens (including phenoxy) is 1. The highest BCUT2D eigenvalue weighted by Crippen LogP contribution is 2.05. The minimum absolute atomic E-state index is 0.187. The molecule has 1 N–H and O–H groups in total. The largest absolute Gasteiger partial charge is 0.379 e. The summed E-state index contributed by atoms with van der Waals surface area (Å²) in [5.74, 6) is 0. The normalized spacial score (nSPS) is 17.8. The maximum absolute atomic E-state index is 11.9. The van der Waals surface area contributed by atoms with E-state index in [1.807, 2.05) is 0 Å². The summed E-state index contributed by atoms with van der Waals surface area (Å²) in [5.41, 5.74) is 0. The molecule has 0 unspecified atom stereocenters. The van der Waals surface area contributed by atoms with Crippen molar-refractivity contribution < 1.29 is 13.2 Å². The van der Waals surface area contributed by atoms with Crippen LogP contribution in [0.3, 0.4) is 0 Å². The molecule has 1 heterocycles. The Kier molecular flexibility index (Phi) is 4.71. The zero-order valence-electron chi connectivity index (χ0n) is 10.1.